The van der Waals surface area contributed by atoms with Crippen LogP contribution in [0.5, 0.6) is 5.75 Å². The minimum Gasteiger partial charge on any atom is -0.491 e. The second-order valence-corrected chi connectivity index (χ2v) is 5.21. The van der Waals surface area contributed by atoms with Gasteiger partial charge in [-0.2, -0.15) is 0 Å². The third-order valence-corrected chi connectivity index (χ3v) is 3.60. The van der Waals surface area contributed by atoms with E-state index in [0.29, 0.717) is 18.2 Å². The molecule has 0 aliphatic carbocycles. The molecule has 1 aliphatic heterocycles. The summed E-state index contributed by atoms with van der Waals surface area (Å²) >= 11 is 0. The van der Waals surface area contributed by atoms with Crippen molar-refractivity contribution >= 4 is 11.4 Å². The predicted octanol–water partition coefficient (Wildman–Crippen LogP) is 2.27. The van der Waals surface area contributed by atoms with E-state index in [2.05, 4.69) is 11.8 Å². The fourth-order valence-corrected chi connectivity index (χ4v) is 2.51. The molecule has 19 heavy (non-hydrogen) atoms. The lowest BCUT2D eigenvalue weighted by Gasteiger charge is -2.33. The first-order valence-electron chi connectivity index (χ1n) is 7.12. The summed E-state index contributed by atoms with van der Waals surface area (Å²) in [4.78, 5) is 2.31. The number of aliphatic hydroxyl groups is 1. The van der Waals surface area contributed by atoms with Gasteiger partial charge in [0.25, 0.3) is 0 Å². The van der Waals surface area contributed by atoms with Crippen LogP contribution in [0, 0.1) is 5.92 Å². The summed E-state index contributed by atoms with van der Waals surface area (Å²) in [5.74, 6) is 1.15. The van der Waals surface area contributed by atoms with Gasteiger partial charge in [0.15, 0.2) is 0 Å². The highest BCUT2D eigenvalue weighted by atomic mass is 16.5. The molecule has 0 saturated carbocycles. The summed E-state index contributed by atoms with van der Waals surface area (Å²) in [5.41, 5.74) is 7.76. The number of hydrogen-bond donors (Lipinski definition) is 2. The van der Waals surface area contributed by atoms with Crippen LogP contribution in [0.3, 0.4) is 0 Å². The average molecular weight is 264 g/mol. The lowest BCUT2D eigenvalue weighted by Crippen LogP contribution is -2.36. The van der Waals surface area contributed by atoms with Crippen LogP contribution in [0.4, 0.5) is 11.4 Å². The maximum atomic E-state index is 9.30. The number of piperidine rings is 1. The molecule has 1 atom stereocenters. The number of anilines is 2. The number of rotatable bonds is 5. The van der Waals surface area contributed by atoms with Crippen molar-refractivity contribution in [3.63, 3.8) is 0 Å². The molecule has 0 radical (unpaired) electrons. The second kappa shape index (κ2) is 6.66. The van der Waals surface area contributed by atoms with Gasteiger partial charge in [0, 0.05) is 31.5 Å². The summed E-state index contributed by atoms with van der Waals surface area (Å²) in [7, 11) is 0. The van der Waals surface area contributed by atoms with Gasteiger partial charge in [0.1, 0.15) is 5.75 Å². The Bertz CT molecular complexity index is 409. The van der Waals surface area contributed by atoms with Gasteiger partial charge in [-0.15, -0.1) is 0 Å². The van der Waals surface area contributed by atoms with Crippen LogP contribution in [0.1, 0.15) is 26.2 Å². The molecule has 1 aliphatic rings. The van der Waals surface area contributed by atoms with Crippen molar-refractivity contribution in [3.8, 4) is 5.75 Å². The van der Waals surface area contributed by atoms with Crippen LogP contribution in [0.2, 0.25) is 0 Å². The van der Waals surface area contributed by atoms with Crippen molar-refractivity contribution in [2.75, 3.05) is 36.9 Å². The Hall–Kier alpha value is -1.42. The van der Waals surface area contributed by atoms with Crippen molar-refractivity contribution in [2.45, 2.75) is 26.2 Å². The Balaban J connectivity index is 2.10. The quantitative estimate of drug-likeness (QED) is 0.801. The van der Waals surface area contributed by atoms with E-state index in [1.807, 2.05) is 18.2 Å². The molecule has 2 rings (SSSR count). The zero-order valence-corrected chi connectivity index (χ0v) is 11.6. The Morgan fingerprint density at radius 3 is 3.05 bits per heavy atom. The largest absolute Gasteiger partial charge is 0.491 e. The number of nitrogen functional groups attached to an aromatic ring is 1. The number of nitrogens with two attached hydrogens (primary N) is 1. The van der Waals surface area contributed by atoms with Crippen molar-refractivity contribution in [2.24, 2.45) is 5.92 Å². The number of nitrogens with zero attached hydrogens (tertiary/aromatic N) is 1. The summed E-state index contributed by atoms with van der Waals surface area (Å²) in [5, 5.41) is 9.30. The minimum absolute atomic E-state index is 0.269. The fourth-order valence-electron chi connectivity index (χ4n) is 2.51. The van der Waals surface area contributed by atoms with Crippen LogP contribution in [0.25, 0.3) is 0 Å². The predicted molar refractivity (Wildman–Crippen MR) is 78.7 cm³/mol. The third-order valence-electron chi connectivity index (χ3n) is 3.60. The summed E-state index contributed by atoms with van der Waals surface area (Å²) in [6.45, 7) is 4.98. The highest BCUT2D eigenvalue weighted by Gasteiger charge is 2.20. The first-order chi connectivity index (χ1) is 9.24. The van der Waals surface area contributed by atoms with Gasteiger partial charge < -0.3 is 20.5 Å². The topological polar surface area (TPSA) is 58.7 Å². The van der Waals surface area contributed by atoms with E-state index in [9.17, 15) is 5.11 Å². The molecule has 3 N–H and O–H groups in total. The monoisotopic (exact) mass is 264 g/mol. The van der Waals surface area contributed by atoms with Crippen LogP contribution < -0.4 is 15.4 Å². The smallest absolute Gasteiger partial charge is 0.144 e. The van der Waals surface area contributed by atoms with E-state index >= 15 is 0 Å². The van der Waals surface area contributed by atoms with E-state index in [1.54, 1.807) is 0 Å². The van der Waals surface area contributed by atoms with Crippen molar-refractivity contribution in [1.29, 1.82) is 0 Å². The maximum Gasteiger partial charge on any atom is 0.144 e. The number of aliphatic hydroxyl groups excluding tert-OH is 1. The zero-order chi connectivity index (χ0) is 13.7. The molecule has 106 valence electrons. The molecule has 0 aromatic heterocycles. The number of benzene rings is 1. The van der Waals surface area contributed by atoms with Gasteiger partial charge in [-0.25, -0.2) is 0 Å². The molecule has 0 spiro atoms. The molecular weight excluding hydrogens is 240 g/mol. The first-order valence-corrected chi connectivity index (χ1v) is 7.12. The van der Waals surface area contributed by atoms with Crippen LogP contribution in [-0.4, -0.2) is 31.4 Å². The van der Waals surface area contributed by atoms with Gasteiger partial charge >= 0.3 is 0 Å². The molecule has 1 unspecified atom stereocenters. The molecule has 4 heteroatoms. The number of hydrogen-bond acceptors (Lipinski definition) is 4. The summed E-state index contributed by atoms with van der Waals surface area (Å²) < 4.78 is 5.67. The van der Waals surface area contributed by atoms with E-state index in [4.69, 9.17) is 10.5 Å². The van der Waals surface area contributed by atoms with Gasteiger partial charge in [0.2, 0.25) is 0 Å². The Labute approximate surface area is 115 Å². The lowest BCUT2D eigenvalue weighted by molar-refractivity contribution is 0.208. The molecule has 4 nitrogen and oxygen atoms in total. The van der Waals surface area contributed by atoms with Gasteiger partial charge in [-0.1, -0.05) is 6.92 Å². The van der Waals surface area contributed by atoms with Crippen LogP contribution in [-0.2, 0) is 0 Å². The maximum absolute atomic E-state index is 9.30. The minimum atomic E-state index is 0.269. The molecule has 1 aromatic carbocycles. The van der Waals surface area contributed by atoms with Crippen molar-refractivity contribution < 1.29 is 9.84 Å². The average Bonchev–Trinajstić information content (AvgIpc) is 2.46. The Morgan fingerprint density at radius 2 is 2.32 bits per heavy atom. The van der Waals surface area contributed by atoms with Gasteiger partial charge in [0.05, 0.1) is 12.3 Å². The normalized spacial score (nSPS) is 19.5. The van der Waals surface area contributed by atoms with E-state index in [1.165, 1.54) is 0 Å². The number of ether oxygens (including phenoxy) is 1. The SMILES string of the molecule is CCCOc1cc(N2CCCC(CO)C2)ccc1N. The molecule has 1 heterocycles. The Kier molecular flexibility index (Phi) is 4.91. The van der Waals surface area contributed by atoms with Crippen LogP contribution >= 0.6 is 0 Å². The van der Waals surface area contributed by atoms with Crippen molar-refractivity contribution in [1.82, 2.24) is 0 Å². The molecule has 0 amide bonds. The molecule has 0 bridgehead atoms. The second-order valence-electron chi connectivity index (χ2n) is 5.21. The molecule has 1 fully saturated rings. The van der Waals surface area contributed by atoms with Gasteiger partial charge in [-0.3, -0.25) is 0 Å². The van der Waals surface area contributed by atoms with E-state index < -0.39 is 0 Å². The third kappa shape index (κ3) is 3.53. The van der Waals surface area contributed by atoms with Crippen LogP contribution in [0.15, 0.2) is 18.2 Å². The zero-order valence-electron chi connectivity index (χ0n) is 11.6. The highest BCUT2D eigenvalue weighted by Crippen LogP contribution is 2.30. The highest BCUT2D eigenvalue weighted by molar-refractivity contribution is 5.62. The van der Waals surface area contributed by atoms with E-state index in [-0.39, 0.29) is 6.61 Å². The Morgan fingerprint density at radius 1 is 1.47 bits per heavy atom. The first kappa shape index (κ1) is 14.0. The van der Waals surface area contributed by atoms with E-state index in [0.717, 1.165) is 43.8 Å². The molecular formula is C15H24N2O2. The fraction of sp³-hybridized carbons (Fsp3) is 0.600. The van der Waals surface area contributed by atoms with Crippen molar-refractivity contribution in [3.05, 3.63) is 18.2 Å². The molecule has 1 aromatic rings. The standard InChI is InChI=1S/C15H24N2O2/c1-2-8-19-15-9-13(5-6-14(15)16)17-7-3-4-12(10-17)11-18/h5-6,9,12,18H,2-4,7-8,10-11,16H2,1H3. The molecule has 1 saturated heterocycles. The summed E-state index contributed by atoms with van der Waals surface area (Å²) in [6.07, 6.45) is 3.21. The lowest BCUT2D eigenvalue weighted by atomic mass is 9.98. The van der Waals surface area contributed by atoms with Gasteiger partial charge in [-0.05, 0) is 37.3 Å². The summed E-state index contributed by atoms with van der Waals surface area (Å²) in [6, 6.07) is 5.96.